The molecule has 7 heteroatoms. The van der Waals surface area contributed by atoms with Crippen LogP contribution in [-0.4, -0.2) is 21.4 Å². The van der Waals surface area contributed by atoms with Crippen LogP contribution < -0.4 is 10.2 Å². The van der Waals surface area contributed by atoms with Gasteiger partial charge in [-0.25, -0.2) is 5.43 Å². The van der Waals surface area contributed by atoms with Crippen LogP contribution in [0.5, 0.6) is 5.75 Å². The first-order chi connectivity index (χ1) is 13.9. The number of hydrazone groups is 1. The Bertz CT molecular complexity index is 1010. The monoisotopic (exact) mass is 454 g/mol. The minimum atomic E-state index is -0.231. The third-order valence-electron chi connectivity index (χ3n) is 4.46. The van der Waals surface area contributed by atoms with Gasteiger partial charge in [-0.3, -0.25) is 9.48 Å². The van der Waals surface area contributed by atoms with Gasteiger partial charge in [-0.15, -0.1) is 0 Å². The molecule has 0 aliphatic heterocycles. The van der Waals surface area contributed by atoms with E-state index in [-0.39, 0.29) is 12.5 Å². The molecule has 0 saturated heterocycles. The number of benzene rings is 2. The van der Waals surface area contributed by atoms with Gasteiger partial charge in [-0.2, -0.15) is 10.2 Å². The fourth-order valence-electron chi connectivity index (χ4n) is 2.74. The summed E-state index contributed by atoms with van der Waals surface area (Å²) in [6.07, 6.45) is 0. The van der Waals surface area contributed by atoms with Gasteiger partial charge in [0.05, 0.1) is 21.6 Å². The highest BCUT2D eigenvalue weighted by Gasteiger charge is 2.11. The SMILES string of the molecule is CC(=NNC(=O)Cn1nc(C)c(Br)c1C)c1ccc(OCc2ccccc2)cc1. The summed E-state index contributed by atoms with van der Waals surface area (Å²) in [6, 6.07) is 17.6. The van der Waals surface area contributed by atoms with Gasteiger partial charge in [0, 0.05) is 0 Å². The summed E-state index contributed by atoms with van der Waals surface area (Å²) in [7, 11) is 0. The number of ether oxygens (including phenoxy) is 1. The Kier molecular flexibility index (Phi) is 6.82. The molecule has 0 unspecified atom stereocenters. The molecule has 0 saturated carbocycles. The van der Waals surface area contributed by atoms with Crippen molar-refractivity contribution in [1.29, 1.82) is 0 Å². The Morgan fingerprint density at radius 3 is 2.45 bits per heavy atom. The van der Waals surface area contributed by atoms with Gasteiger partial charge in [0.25, 0.3) is 5.91 Å². The molecule has 3 aromatic rings. The van der Waals surface area contributed by atoms with Gasteiger partial charge >= 0.3 is 0 Å². The predicted octanol–water partition coefficient (Wildman–Crippen LogP) is 4.38. The highest BCUT2D eigenvalue weighted by atomic mass is 79.9. The van der Waals surface area contributed by atoms with Crippen LogP contribution in [0.3, 0.4) is 0 Å². The molecular weight excluding hydrogens is 432 g/mol. The molecule has 2 aromatic carbocycles. The van der Waals surface area contributed by atoms with Crippen LogP contribution in [-0.2, 0) is 17.9 Å². The molecule has 1 N–H and O–H groups in total. The van der Waals surface area contributed by atoms with Crippen molar-refractivity contribution < 1.29 is 9.53 Å². The van der Waals surface area contributed by atoms with Gasteiger partial charge in [-0.05, 0) is 72.1 Å². The number of rotatable bonds is 7. The first-order valence-corrected chi connectivity index (χ1v) is 10.0. The van der Waals surface area contributed by atoms with E-state index in [9.17, 15) is 4.79 Å². The Morgan fingerprint density at radius 1 is 1.14 bits per heavy atom. The van der Waals surface area contributed by atoms with Crippen molar-refractivity contribution in [2.75, 3.05) is 0 Å². The Morgan fingerprint density at radius 2 is 1.83 bits per heavy atom. The summed E-state index contributed by atoms with van der Waals surface area (Å²) in [6.45, 7) is 6.28. The molecule has 0 radical (unpaired) electrons. The number of nitrogens with zero attached hydrogens (tertiary/aromatic N) is 3. The number of nitrogens with one attached hydrogen (secondary N) is 1. The van der Waals surface area contributed by atoms with Crippen LogP contribution in [0.1, 0.15) is 29.4 Å². The van der Waals surface area contributed by atoms with Crippen molar-refractivity contribution in [3.63, 3.8) is 0 Å². The normalized spacial score (nSPS) is 11.4. The number of amides is 1. The summed E-state index contributed by atoms with van der Waals surface area (Å²) in [4.78, 5) is 12.2. The van der Waals surface area contributed by atoms with E-state index < -0.39 is 0 Å². The fraction of sp³-hybridized carbons (Fsp3) is 0.227. The quantitative estimate of drug-likeness (QED) is 0.425. The first kappa shape index (κ1) is 20.8. The van der Waals surface area contributed by atoms with Crippen LogP contribution in [0, 0.1) is 13.8 Å². The highest BCUT2D eigenvalue weighted by molar-refractivity contribution is 9.10. The maximum absolute atomic E-state index is 12.2. The van der Waals surface area contributed by atoms with Crippen molar-refractivity contribution in [3.05, 3.63) is 81.6 Å². The van der Waals surface area contributed by atoms with E-state index in [0.717, 1.165) is 32.7 Å². The van der Waals surface area contributed by atoms with Crippen molar-refractivity contribution in [2.24, 2.45) is 5.10 Å². The van der Waals surface area contributed by atoms with Gasteiger partial charge in [-0.1, -0.05) is 30.3 Å². The number of halogens is 1. The van der Waals surface area contributed by atoms with Crippen LogP contribution in [0.4, 0.5) is 0 Å². The van der Waals surface area contributed by atoms with Gasteiger partial charge < -0.3 is 4.74 Å². The lowest BCUT2D eigenvalue weighted by Gasteiger charge is -2.08. The second kappa shape index (κ2) is 9.52. The fourth-order valence-corrected chi connectivity index (χ4v) is 3.03. The lowest BCUT2D eigenvalue weighted by atomic mass is 10.1. The smallest absolute Gasteiger partial charge is 0.261 e. The molecule has 150 valence electrons. The van der Waals surface area contributed by atoms with Crippen LogP contribution >= 0.6 is 15.9 Å². The van der Waals surface area contributed by atoms with Gasteiger partial charge in [0.1, 0.15) is 18.9 Å². The molecule has 0 aliphatic carbocycles. The molecule has 0 fully saturated rings. The summed E-state index contributed by atoms with van der Waals surface area (Å²) >= 11 is 3.46. The van der Waals surface area contributed by atoms with Crippen molar-refractivity contribution in [2.45, 2.75) is 33.9 Å². The summed E-state index contributed by atoms with van der Waals surface area (Å²) in [5, 5.41) is 8.53. The standard InChI is InChI=1S/C22H23BrN4O2/c1-15(24-25-21(28)13-27-17(3)22(23)16(2)26-27)19-9-11-20(12-10-19)29-14-18-7-5-4-6-8-18/h4-12H,13-14H2,1-3H3,(H,25,28). The van der Waals surface area contributed by atoms with Crippen LogP contribution in [0.25, 0.3) is 0 Å². The zero-order valence-electron chi connectivity index (χ0n) is 16.6. The van der Waals surface area contributed by atoms with E-state index in [1.807, 2.05) is 75.4 Å². The minimum absolute atomic E-state index is 0.112. The van der Waals surface area contributed by atoms with Gasteiger partial charge in [0.2, 0.25) is 0 Å². The molecule has 1 aromatic heterocycles. The van der Waals surface area contributed by atoms with Crippen LogP contribution in [0.2, 0.25) is 0 Å². The zero-order valence-corrected chi connectivity index (χ0v) is 18.2. The van der Waals surface area contributed by atoms with E-state index in [1.54, 1.807) is 4.68 Å². The average molecular weight is 455 g/mol. The number of carbonyl (C=O) groups excluding carboxylic acids is 1. The average Bonchev–Trinajstić information content (AvgIpc) is 2.98. The second-order valence-corrected chi connectivity index (χ2v) is 7.47. The molecule has 29 heavy (non-hydrogen) atoms. The number of hydrogen-bond acceptors (Lipinski definition) is 4. The summed E-state index contributed by atoms with van der Waals surface area (Å²) in [5.74, 6) is 0.551. The number of hydrogen-bond donors (Lipinski definition) is 1. The topological polar surface area (TPSA) is 68.5 Å². The highest BCUT2D eigenvalue weighted by Crippen LogP contribution is 2.19. The lowest BCUT2D eigenvalue weighted by Crippen LogP contribution is -2.25. The summed E-state index contributed by atoms with van der Waals surface area (Å²) in [5.41, 5.74) is 7.08. The Hall–Kier alpha value is -2.93. The van der Waals surface area contributed by atoms with E-state index in [0.29, 0.717) is 12.3 Å². The number of aromatic nitrogens is 2. The maximum Gasteiger partial charge on any atom is 0.261 e. The van der Waals surface area contributed by atoms with Crippen LogP contribution in [0.15, 0.2) is 64.2 Å². The second-order valence-electron chi connectivity index (χ2n) is 6.67. The van der Waals surface area contributed by atoms with Crippen molar-refractivity contribution in [1.82, 2.24) is 15.2 Å². The maximum atomic E-state index is 12.2. The molecule has 1 heterocycles. The molecule has 0 bridgehead atoms. The minimum Gasteiger partial charge on any atom is -0.489 e. The van der Waals surface area contributed by atoms with Gasteiger partial charge in [0.15, 0.2) is 0 Å². The third-order valence-corrected chi connectivity index (χ3v) is 5.60. The lowest BCUT2D eigenvalue weighted by molar-refractivity contribution is -0.121. The largest absolute Gasteiger partial charge is 0.489 e. The molecule has 6 nitrogen and oxygen atoms in total. The summed E-state index contributed by atoms with van der Waals surface area (Å²) < 4.78 is 8.36. The Balaban J connectivity index is 1.55. The van der Waals surface area contributed by atoms with E-state index in [1.165, 1.54) is 0 Å². The Labute approximate surface area is 178 Å². The molecule has 1 amide bonds. The third kappa shape index (κ3) is 5.54. The van der Waals surface area contributed by atoms with E-state index >= 15 is 0 Å². The molecule has 3 rings (SSSR count). The van der Waals surface area contributed by atoms with E-state index in [2.05, 4.69) is 31.6 Å². The molecular formula is C22H23BrN4O2. The number of carbonyl (C=O) groups is 1. The molecule has 0 spiro atoms. The predicted molar refractivity (Wildman–Crippen MR) is 117 cm³/mol. The van der Waals surface area contributed by atoms with E-state index in [4.69, 9.17) is 4.74 Å². The molecule has 0 aliphatic rings. The molecule has 0 atom stereocenters. The first-order valence-electron chi connectivity index (χ1n) is 9.24. The zero-order chi connectivity index (χ0) is 20.8. The van der Waals surface area contributed by atoms with Crippen molar-refractivity contribution in [3.8, 4) is 5.75 Å². The number of aryl methyl sites for hydroxylation is 1. The van der Waals surface area contributed by atoms with Crippen molar-refractivity contribution >= 4 is 27.5 Å².